The average Bonchev–Trinajstić information content (AvgIpc) is 2.96. The van der Waals surface area contributed by atoms with E-state index in [9.17, 15) is 19.5 Å². The van der Waals surface area contributed by atoms with Crippen LogP contribution < -0.4 is 29.6 Å². The van der Waals surface area contributed by atoms with E-state index < -0.39 is 29.5 Å². The first kappa shape index (κ1) is 40.6. The monoisotopic (exact) mass is 541 g/mol. The Morgan fingerprint density at radius 1 is 0.946 bits per heavy atom. The Labute approximate surface area is 247 Å². The molecule has 2 fully saturated rings. The van der Waals surface area contributed by atoms with Crippen LogP contribution in [0.1, 0.15) is 63.7 Å². The number of amides is 2. The van der Waals surface area contributed by atoms with E-state index in [1.165, 1.54) is 9.80 Å². The quantitative estimate of drug-likeness (QED) is 0.369. The number of ether oxygens (including phenoxy) is 4. The maximum absolute atomic E-state index is 11.8. The minimum atomic E-state index is -0.641. The summed E-state index contributed by atoms with van der Waals surface area (Å²) < 4.78 is 21.0. The second-order valence-electron chi connectivity index (χ2n) is 10.5. The summed E-state index contributed by atoms with van der Waals surface area (Å²) >= 11 is 0. The molecule has 211 valence electrons. The Bertz CT molecular complexity index is 666. The molecule has 2 aliphatic heterocycles. The van der Waals surface area contributed by atoms with Crippen LogP contribution >= 0.6 is 0 Å². The molecule has 11 nitrogen and oxygen atoms in total. The van der Waals surface area contributed by atoms with Crippen LogP contribution in [0.5, 0.6) is 0 Å². The van der Waals surface area contributed by atoms with E-state index in [4.69, 9.17) is 24.1 Å². The number of hydrogen-bond acceptors (Lipinski definition) is 9. The van der Waals surface area contributed by atoms with Crippen molar-refractivity contribution in [1.29, 1.82) is 0 Å². The molecular formula is C24H47BN2NaO9. The molecule has 3 unspecified atom stereocenters. The van der Waals surface area contributed by atoms with Crippen LogP contribution in [-0.4, -0.2) is 122 Å². The van der Waals surface area contributed by atoms with Crippen molar-refractivity contribution >= 4 is 26.4 Å². The van der Waals surface area contributed by atoms with E-state index in [1.54, 1.807) is 27.7 Å². The molecule has 3 radical (unpaired) electrons. The Morgan fingerprint density at radius 3 is 1.81 bits per heavy atom. The van der Waals surface area contributed by atoms with Crippen molar-refractivity contribution in [2.75, 3.05) is 46.0 Å². The van der Waals surface area contributed by atoms with Gasteiger partial charge in [-0.25, -0.2) is 9.59 Å². The zero-order chi connectivity index (χ0) is 27.4. The molecule has 0 saturated carbocycles. The molecule has 2 aliphatic rings. The third-order valence-electron chi connectivity index (χ3n) is 4.16. The van der Waals surface area contributed by atoms with Gasteiger partial charge in [-0.3, -0.25) is 9.69 Å². The maximum atomic E-state index is 11.8. The molecule has 2 rings (SSSR count). The van der Waals surface area contributed by atoms with Gasteiger partial charge in [0.2, 0.25) is 0 Å². The van der Waals surface area contributed by atoms with E-state index >= 15 is 0 Å². The summed E-state index contributed by atoms with van der Waals surface area (Å²) in [5, 5.41) is 17.1. The molecule has 0 aromatic rings. The number of aliphatic hydroxyl groups is 2. The molecule has 0 spiro atoms. The largest absolute Gasteiger partial charge is 1.00 e. The van der Waals surface area contributed by atoms with Gasteiger partial charge in [0, 0.05) is 15.0 Å². The van der Waals surface area contributed by atoms with Gasteiger partial charge < -0.3 is 35.5 Å². The third kappa shape index (κ3) is 20.7. The molecular weight excluding hydrogens is 494 g/mol. The molecule has 2 heterocycles. The van der Waals surface area contributed by atoms with Gasteiger partial charge in [0.05, 0.1) is 51.1 Å². The zero-order valence-corrected chi connectivity index (χ0v) is 26.4. The Morgan fingerprint density at radius 2 is 1.35 bits per heavy atom. The van der Waals surface area contributed by atoms with Crippen molar-refractivity contribution in [2.45, 2.75) is 91.8 Å². The summed E-state index contributed by atoms with van der Waals surface area (Å²) in [5.41, 5.74) is -1.06. The maximum Gasteiger partial charge on any atom is 1.00 e. The fourth-order valence-corrected chi connectivity index (χ4v) is 2.88. The molecule has 2 amide bonds. The summed E-state index contributed by atoms with van der Waals surface area (Å²) in [5.74, 6) is -0.102. The van der Waals surface area contributed by atoms with Crippen molar-refractivity contribution in [2.24, 2.45) is 0 Å². The predicted molar refractivity (Wildman–Crippen MR) is 137 cm³/mol. The van der Waals surface area contributed by atoms with Gasteiger partial charge in [0.1, 0.15) is 17.8 Å². The number of aliphatic hydroxyl groups excluding tert-OH is 2. The number of hydrogen-bond donors (Lipinski definition) is 2. The molecule has 3 atom stereocenters. The molecule has 0 aromatic heterocycles. The smallest absolute Gasteiger partial charge is 1.00 e. The Kier molecular flexibility index (Phi) is 21.1. The predicted octanol–water partition coefficient (Wildman–Crippen LogP) is -1.05. The van der Waals surface area contributed by atoms with Crippen molar-refractivity contribution in [3.05, 3.63) is 0 Å². The van der Waals surface area contributed by atoms with E-state index in [0.29, 0.717) is 13.1 Å². The Hall–Kier alpha value is -0.885. The molecule has 37 heavy (non-hydrogen) atoms. The molecule has 13 heteroatoms. The topological polar surface area (TPSA) is 135 Å². The number of ketones is 1. The molecule has 2 N–H and O–H groups in total. The van der Waals surface area contributed by atoms with Crippen LogP contribution in [0.2, 0.25) is 0 Å². The summed E-state index contributed by atoms with van der Waals surface area (Å²) in [6.45, 7) is 18.0. The first-order valence-corrected chi connectivity index (χ1v) is 12.0. The van der Waals surface area contributed by atoms with E-state index in [-0.39, 0.29) is 90.3 Å². The summed E-state index contributed by atoms with van der Waals surface area (Å²) in [6.07, 6.45) is -1.72. The fourth-order valence-electron chi connectivity index (χ4n) is 2.88. The number of rotatable bonds is 0. The first-order valence-electron chi connectivity index (χ1n) is 12.0. The van der Waals surface area contributed by atoms with Gasteiger partial charge in [0.25, 0.3) is 0 Å². The van der Waals surface area contributed by atoms with Gasteiger partial charge >= 0.3 is 41.7 Å². The number of carbonyl (C=O) groups is 3. The molecule has 0 aromatic carbocycles. The third-order valence-corrected chi connectivity index (χ3v) is 4.16. The molecule has 0 aliphatic carbocycles. The van der Waals surface area contributed by atoms with Gasteiger partial charge in [-0.2, -0.15) is 0 Å². The summed E-state index contributed by atoms with van der Waals surface area (Å²) in [6, 6.07) is 0. The molecule has 0 bridgehead atoms. The van der Waals surface area contributed by atoms with Crippen LogP contribution in [0.25, 0.3) is 0 Å². The minimum absolute atomic E-state index is 0. The average molecular weight is 541 g/mol. The number of Topliss-reactive ketones (excluding diaryl/α,β-unsaturated/α-hetero) is 1. The van der Waals surface area contributed by atoms with Gasteiger partial charge in [-0.1, -0.05) is 0 Å². The van der Waals surface area contributed by atoms with Crippen LogP contribution in [-0.2, 0) is 23.7 Å². The van der Waals surface area contributed by atoms with Crippen LogP contribution in [0.4, 0.5) is 9.59 Å². The number of nitrogens with zero attached hydrogens (tertiary/aromatic N) is 2. The summed E-state index contributed by atoms with van der Waals surface area (Å²) in [7, 11) is 0. The van der Waals surface area contributed by atoms with Crippen molar-refractivity contribution in [3.8, 4) is 0 Å². The van der Waals surface area contributed by atoms with E-state index in [0.717, 1.165) is 0 Å². The fraction of sp³-hybridized carbons (Fsp3) is 0.875. The number of carbonyl (C=O) groups excluding carboxylic acids is 3. The standard InChI is InChI=1S/C11H21NO4.C11H19NO4.C2H6O.B.Na.H/c2*1-8-5-12(6-9(13)7-15-8)10(14)16-11(2,3)4;1-2-3;;;/h8-9,13H,5-7H2,1-4H3;8H,5-7H2,1-4H3;3H,2H2,1H3;;;/q;;;;+1;-1. The van der Waals surface area contributed by atoms with Crippen LogP contribution in [0.3, 0.4) is 0 Å². The van der Waals surface area contributed by atoms with Crippen LogP contribution in [0, 0.1) is 0 Å². The van der Waals surface area contributed by atoms with E-state index in [2.05, 4.69) is 0 Å². The molecule has 2 saturated heterocycles. The van der Waals surface area contributed by atoms with Crippen molar-refractivity contribution in [1.82, 2.24) is 9.80 Å². The van der Waals surface area contributed by atoms with Gasteiger partial charge in [-0.05, 0) is 62.3 Å². The van der Waals surface area contributed by atoms with E-state index in [1.807, 2.05) is 34.6 Å². The minimum Gasteiger partial charge on any atom is -1.00 e. The van der Waals surface area contributed by atoms with Crippen molar-refractivity contribution < 1.29 is 74.5 Å². The van der Waals surface area contributed by atoms with Gasteiger partial charge in [-0.15, -0.1) is 0 Å². The number of β-amino-alcohol motifs (C(OH)–C–C–N with tert-alkyl or cyclic N) is 1. The van der Waals surface area contributed by atoms with Gasteiger partial charge in [0.15, 0.2) is 5.78 Å². The second kappa shape index (κ2) is 19.2. The Balaban J connectivity index is -0.000000257. The second-order valence-corrected chi connectivity index (χ2v) is 10.5. The van der Waals surface area contributed by atoms with Crippen molar-refractivity contribution in [3.63, 3.8) is 0 Å². The first-order chi connectivity index (χ1) is 16.0. The van der Waals surface area contributed by atoms with Crippen LogP contribution in [0.15, 0.2) is 0 Å². The normalized spacial score (nSPS) is 22.2. The summed E-state index contributed by atoms with van der Waals surface area (Å²) in [4.78, 5) is 37.8. The zero-order valence-electron chi connectivity index (χ0n) is 25.4. The SMILES string of the molecule is CC1CN(C(=O)OC(C)(C)C)CC(=O)CO1.CC1CN(C(=O)OC(C)(C)C)CC(O)CO1.CCO.[B].[H-].[Na+].